The highest BCUT2D eigenvalue weighted by atomic mass is 16.5. The van der Waals surface area contributed by atoms with Gasteiger partial charge < -0.3 is 9.64 Å². The zero-order valence-electron chi connectivity index (χ0n) is 8.82. The van der Waals surface area contributed by atoms with Crippen molar-refractivity contribution in [1.82, 2.24) is 9.80 Å². The van der Waals surface area contributed by atoms with Crippen molar-refractivity contribution in [3.05, 3.63) is 0 Å². The first kappa shape index (κ1) is 10.8. The number of carbonyl (C=O) groups excluding carboxylic acids is 2. The molecule has 80 valence electrons. The molecule has 1 aliphatic rings. The van der Waals surface area contributed by atoms with Crippen LogP contribution >= 0.6 is 0 Å². The molecule has 5 nitrogen and oxygen atoms in total. The largest absolute Gasteiger partial charge is 0.453 e. The molecular formula is C9H16N2O3. The minimum Gasteiger partial charge on any atom is -0.453 e. The Morgan fingerprint density at radius 2 is 2.07 bits per heavy atom. The third-order valence-electron chi connectivity index (χ3n) is 2.31. The number of methoxy groups -OCH3 is 1. The van der Waals surface area contributed by atoms with E-state index in [1.165, 1.54) is 12.0 Å². The SMILES string of the molecule is COC(=O)N1CCN(C(C)C)C(=O)C1. The van der Waals surface area contributed by atoms with Crippen LogP contribution in [0.15, 0.2) is 0 Å². The number of carbonyl (C=O) groups is 2. The highest BCUT2D eigenvalue weighted by Crippen LogP contribution is 2.07. The number of rotatable bonds is 1. The molecule has 1 rings (SSSR count). The van der Waals surface area contributed by atoms with Crippen LogP contribution in [0, 0.1) is 0 Å². The normalized spacial score (nSPS) is 17.6. The van der Waals surface area contributed by atoms with Gasteiger partial charge in [-0.3, -0.25) is 9.69 Å². The Kier molecular flexibility index (Phi) is 3.33. The van der Waals surface area contributed by atoms with Crippen molar-refractivity contribution in [3.63, 3.8) is 0 Å². The van der Waals surface area contributed by atoms with Crippen LogP contribution in [0.4, 0.5) is 4.79 Å². The van der Waals surface area contributed by atoms with E-state index in [1.54, 1.807) is 4.90 Å². The van der Waals surface area contributed by atoms with Crippen molar-refractivity contribution >= 4 is 12.0 Å². The van der Waals surface area contributed by atoms with Crippen LogP contribution in [0.25, 0.3) is 0 Å². The molecule has 1 heterocycles. The van der Waals surface area contributed by atoms with Crippen molar-refractivity contribution in [2.75, 3.05) is 26.7 Å². The summed E-state index contributed by atoms with van der Waals surface area (Å²) in [4.78, 5) is 25.8. The smallest absolute Gasteiger partial charge is 0.410 e. The van der Waals surface area contributed by atoms with Gasteiger partial charge in [-0.1, -0.05) is 0 Å². The lowest BCUT2D eigenvalue weighted by Gasteiger charge is -2.35. The summed E-state index contributed by atoms with van der Waals surface area (Å²) in [7, 11) is 1.32. The Balaban J connectivity index is 2.55. The van der Waals surface area contributed by atoms with Crippen LogP contribution in [-0.2, 0) is 9.53 Å². The van der Waals surface area contributed by atoms with Gasteiger partial charge in [-0.05, 0) is 13.8 Å². The van der Waals surface area contributed by atoms with Gasteiger partial charge in [0.1, 0.15) is 6.54 Å². The maximum absolute atomic E-state index is 11.5. The van der Waals surface area contributed by atoms with Crippen molar-refractivity contribution in [2.45, 2.75) is 19.9 Å². The quantitative estimate of drug-likeness (QED) is 0.612. The van der Waals surface area contributed by atoms with Crippen LogP contribution in [0.2, 0.25) is 0 Å². The molecule has 0 saturated carbocycles. The average molecular weight is 200 g/mol. The molecule has 0 atom stereocenters. The Hall–Kier alpha value is -1.26. The Labute approximate surface area is 83.6 Å². The molecule has 0 spiro atoms. The predicted molar refractivity (Wildman–Crippen MR) is 50.8 cm³/mol. The van der Waals surface area contributed by atoms with Crippen molar-refractivity contribution in [1.29, 1.82) is 0 Å². The topological polar surface area (TPSA) is 49.9 Å². The lowest BCUT2D eigenvalue weighted by Crippen LogP contribution is -2.54. The summed E-state index contributed by atoms with van der Waals surface area (Å²) in [6, 6.07) is 0.197. The van der Waals surface area contributed by atoms with E-state index in [2.05, 4.69) is 4.74 Å². The third-order valence-corrected chi connectivity index (χ3v) is 2.31. The third kappa shape index (κ3) is 2.16. The minimum atomic E-state index is -0.429. The Morgan fingerprint density at radius 3 is 2.50 bits per heavy atom. The van der Waals surface area contributed by atoms with Gasteiger partial charge in [0.2, 0.25) is 5.91 Å². The lowest BCUT2D eigenvalue weighted by atomic mass is 10.2. The van der Waals surface area contributed by atoms with Gasteiger partial charge in [-0.2, -0.15) is 0 Å². The minimum absolute atomic E-state index is 0.0170. The van der Waals surface area contributed by atoms with Crippen molar-refractivity contribution in [2.24, 2.45) is 0 Å². The van der Waals surface area contributed by atoms with E-state index in [1.807, 2.05) is 13.8 Å². The monoisotopic (exact) mass is 200 g/mol. The van der Waals surface area contributed by atoms with Gasteiger partial charge in [-0.25, -0.2) is 4.79 Å². The number of nitrogens with zero attached hydrogens (tertiary/aromatic N) is 2. The number of amides is 2. The van der Waals surface area contributed by atoms with E-state index in [-0.39, 0.29) is 18.5 Å². The molecule has 0 unspecified atom stereocenters. The van der Waals surface area contributed by atoms with Gasteiger partial charge >= 0.3 is 6.09 Å². The van der Waals surface area contributed by atoms with Gasteiger partial charge in [-0.15, -0.1) is 0 Å². The van der Waals surface area contributed by atoms with Crippen molar-refractivity contribution in [3.8, 4) is 0 Å². The molecule has 0 N–H and O–H groups in total. The van der Waals surface area contributed by atoms with Gasteiger partial charge in [0.15, 0.2) is 0 Å². The van der Waals surface area contributed by atoms with Crippen LogP contribution in [0.3, 0.4) is 0 Å². The van der Waals surface area contributed by atoms with Gasteiger partial charge in [0, 0.05) is 19.1 Å². The highest BCUT2D eigenvalue weighted by molar-refractivity contribution is 5.83. The van der Waals surface area contributed by atoms with E-state index in [4.69, 9.17) is 0 Å². The van der Waals surface area contributed by atoms with Crippen LogP contribution < -0.4 is 0 Å². The van der Waals surface area contributed by atoms with Crippen LogP contribution in [-0.4, -0.2) is 54.6 Å². The van der Waals surface area contributed by atoms with Gasteiger partial charge in [0.05, 0.1) is 7.11 Å². The van der Waals surface area contributed by atoms with Crippen LogP contribution in [0.5, 0.6) is 0 Å². The number of piperazine rings is 1. The Bertz CT molecular complexity index is 240. The molecule has 1 aliphatic heterocycles. The first-order valence-corrected chi connectivity index (χ1v) is 4.68. The van der Waals surface area contributed by atoms with Crippen molar-refractivity contribution < 1.29 is 14.3 Å². The summed E-state index contributed by atoms with van der Waals surface area (Å²) in [5, 5.41) is 0. The fraction of sp³-hybridized carbons (Fsp3) is 0.778. The second kappa shape index (κ2) is 4.30. The molecule has 0 aliphatic carbocycles. The molecule has 0 aromatic heterocycles. The maximum Gasteiger partial charge on any atom is 0.410 e. The first-order chi connectivity index (χ1) is 6.56. The maximum atomic E-state index is 11.5. The number of ether oxygens (including phenoxy) is 1. The summed E-state index contributed by atoms with van der Waals surface area (Å²) in [6.45, 7) is 5.20. The standard InChI is InChI=1S/C9H16N2O3/c1-7(2)11-5-4-10(6-8(11)12)9(13)14-3/h7H,4-6H2,1-3H3. The van der Waals surface area contributed by atoms with Gasteiger partial charge in [0.25, 0.3) is 0 Å². The molecule has 0 aromatic carbocycles. The van der Waals surface area contributed by atoms with E-state index in [0.29, 0.717) is 13.1 Å². The molecular weight excluding hydrogens is 184 g/mol. The average Bonchev–Trinajstić information content (AvgIpc) is 2.15. The second-order valence-electron chi connectivity index (χ2n) is 3.57. The lowest BCUT2D eigenvalue weighted by molar-refractivity contribution is -0.137. The number of hydrogen-bond acceptors (Lipinski definition) is 3. The van der Waals surface area contributed by atoms with E-state index in [0.717, 1.165) is 0 Å². The van der Waals surface area contributed by atoms with Crippen LogP contribution in [0.1, 0.15) is 13.8 Å². The highest BCUT2D eigenvalue weighted by Gasteiger charge is 2.28. The second-order valence-corrected chi connectivity index (χ2v) is 3.57. The molecule has 0 bridgehead atoms. The summed E-state index contributed by atoms with van der Waals surface area (Å²) < 4.78 is 4.55. The summed E-state index contributed by atoms with van der Waals surface area (Å²) >= 11 is 0. The first-order valence-electron chi connectivity index (χ1n) is 4.68. The van der Waals surface area contributed by atoms with E-state index in [9.17, 15) is 9.59 Å². The molecule has 0 aromatic rings. The summed E-state index contributed by atoms with van der Waals surface area (Å²) in [5.74, 6) is -0.0170. The zero-order chi connectivity index (χ0) is 10.7. The molecule has 2 amide bonds. The van der Waals surface area contributed by atoms with E-state index < -0.39 is 6.09 Å². The molecule has 1 saturated heterocycles. The summed E-state index contributed by atoms with van der Waals surface area (Å²) in [5.41, 5.74) is 0. The zero-order valence-corrected chi connectivity index (χ0v) is 8.82. The molecule has 14 heavy (non-hydrogen) atoms. The number of hydrogen-bond donors (Lipinski definition) is 0. The fourth-order valence-corrected chi connectivity index (χ4v) is 1.52. The molecule has 1 fully saturated rings. The molecule has 5 heteroatoms. The summed E-state index contributed by atoms with van der Waals surface area (Å²) in [6.07, 6.45) is -0.429. The Morgan fingerprint density at radius 1 is 1.43 bits per heavy atom. The fourth-order valence-electron chi connectivity index (χ4n) is 1.52. The van der Waals surface area contributed by atoms with E-state index >= 15 is 0 Å². The molecule has 0 radical (unpaired) electrons. The predicted octanol–water partition coefficient (Wildman–Crippen LogP) is 0.305.